The van der Waals surface area contributed by atoms with Crippen molar-refractivity contribution >= 4 is 21.8 Å². The number of halogens is 1. The van der Waals surface area contributed by atoms with Crippen LogP contribution in [0.3, 0.4) is 0 Å². The number of aliphatic hydroxyl groups is 1. The quantitative estimate of drug-likeness (QED) is 0.646. The third-order valence-corrected chi connectivity index (χ3v) is 4.54. The number of rotatable bonds is 8. The van der Waals surface area contributed by atoms with E-state index in [2.05, 4.69) is 23.4 Å². The van der Waals surface area contributed by atoms with Crippen molar-refractivity contribution in [2.24, 2.45) is 0 Å². The van der Waals surface area contributed by atoms with Crippen LogP contribution in [0.25, 0.3) is 4.24 Å². The van der Waals surface area contributed by atoms with Crippen LogP contribution in [0.2, 0.25) is 0 Å². The van der Waals surface area contributed by atoms with Crippen LogP contribution in [0.4, 0.5) is 0 Å². The van der Waals surface area contributed by atoms with Gasteiger partial charge in [0.15, 0.2) is 0 Å². The Morgan fingerprint density at radius 1 is 1.22 bits per heavy atom. The fraction of sp³-hybridized carbons (Fsp3) is 0.600. The Kier molecular flexibility index (Phi) is 16.3. The van der Waals surface area contributed by atoms with E-state index in [1.165, 1.54) is 12.1 Å². The maximum Gasteiger partial charge on any atom is 1.00 e. The fourth-order valence-electron chi connectivity index (χ4n) is 1.70. The molecule has 8 heteroatoms. The van der Waals surface area contributed by atoms with E-state index in [9.17, 15) is 8.42 Å². The van der Waals surface area contributed by atoms with Gasteiger partial charge in [-0.05, 0) is 38.4 Å². The predicted octanol–water partition coefficient (Wildman–Crippen LogP) is 0.362. The van der Waals surface area contributed by atoms with Crippen molar-refractivity contribution in [1.29, 1.82) is 0 Å². The molecule has 1 rings (SSSR count). The Balaban J connectivity index is 0. The van der Waals surface area contributed by atoms with Gasteiger partial charge in [-0.25, -0.2) is 8.42 Å². The zero-order chi connectivity index (χ0) is 17.0. The van der Waals surface area contributed by atoms with Gasteiger partial charge in [0.05, 0.1) is 6.61 Å². The predicted molar refractivity (Wildman–Crippen MR) is 91.7 cm³/mol. The van der Waals surface area contributed by atoms with Crippen molar-refractivity contribution in [2.45, 2.75) is 51.0 Å². The van der Waals surface area contributed by atoms with Crippen LogP contribution in [0.5, 0.6) is 0 Å². The molecule has 0 aromatic heterocycles. The maximum atomic E-state index is 11.0. The van der Waals surface area contributed by atoms with Gasteiger partial charge in [-0.3, -0.25) is 11.8 Å². The van der Waals surface area contributed by atoms with E-state index in [-0.39, 0.29) is 41.1 Å². The standard InChI is InChI=1S/C8H19NO.C7H7ClNO2S.Na/c1-3-5-8(7-10)9-6-4-2;1-6-2-4-7(5-3-6)12(10,11)9-8;/h8-10H,3-7H2,1-2H3;2-5H,1H3;/q;-1;+1. The van der Waals surface area contributed by atoms with Crippen LogP contribution >= 0.6 is 11.8 Å². The first-order chi connectivity index (χ1) is 10.4. The fourth-order valence-corrected chi connectivity index (χ4v) is 2.50. The van der Waals surface area contributed by atoms with E-state index in [1.807, 2.05) is 6.92 Å². The molecular formula is C15H26ClN2NaO3S. The van der Waals surface area contributed by atoms with Crippen molar-refractivity contribution < 1.29 is 43.1 Å². The molecule has 23 heavy (non-hydrogen) atoms. The summed E-state index contributed by atoms with van der Waals surface area (Å²) in [6.07, 6.45) is 3.36. The molecule has 1 aromatic carbocycles. The molecule has 1 unspecified atom stereocenters. The molecule has 0 saturated carbocycles. The van der Waals surface area contributed by atoms with Crippen molar-refractivity contribution in [2.75, 3.05) is 13.2 Å². The third kappa shape index (κ3) is 11.5. The Hall–Kier alpha value is 0.340. The van der Waals surface area contributed by atoms with Gasteiger partial charge < -0.3 is 14.7 Å². The summed E-state index contributed by atoms with van der Waals surface area (Å²) in [6, 6.07) is 6.64. The van der Waals surface area contributed by atoms with Crippen molar-refractivity contribution in [3.63, 3.8) is 0 Å². The summed E-state index contributed by atoms with van der Waals surface area (Å²) < 4.78 is 24.8. The third-order valence-electron chi connectivity index (χ3n) is 2.95. The average Bonchev–Trinajstić information content (AvgIpc) is 2.52. The van der Waals surface area contributed by atoms with Gasteiger partial charge in [0, 0.05) is 10.9 Å². The van der Waals surface area contributed by atoms with Gasteiger partial charge in [-0.2, -0.15) is 0 Å². The van der Waals surface area contributed by atoms with E-state index in [0.29, 0.717) is 6.04 Å². The Morgan fingerprint density at radius 3 is 2.17 bits per heavy atom. The molecule has 0 heterocycles. The molecule has 1 atom stereocenters. The van der Waals surface area contributed by atoms with Crippen LogP contribution < -0.4 is 34.9 Å². The summed E-state index contributed by atoms with van der Waals surface area (Å²) in [4.78, 5) is 0.114. The topological polar surface area (TPSA) is 80.5 Å². The molecule has 0 saturated heterocycles. The van der Waals surface area contributed by atoms with Crippen LogP contribution in [0, 0.1) is 6.92 Å². The first-order valence-corrected chi connectivity index (χ1v) is 9.18. The first kappa shape index (κ1) is 25.6. The molecule has 5 nitrogen and oxygen atoms in total. The number of aliphatic hydroxyl groups excluding tert-OH is 1. The Morgan fingerprint density at radius 2 is 1.78 bits per heavy atom. The molecule has 0 amide bonds. The summed E-state index contributed by atoms with van der Waals surface area (Å²) in [5.74, 6) is 0. The van der Waals surface area contributed by atoms with Crippen molar-refractivity contribution in [3.8, 4) is 0 Å². The largest absolute Gasteiger partial charge is 1.00 e. The average molecular weight is 373 g/mol. The van der Waals surface area contributed by atoms with Crippen LogP contribution in [-0.4, -0.2) is 32.7 Å². The monoisotopic (exact) mass is 372 g/mol. The summed E-state index contributed by atoms with van der Waals surface area (Å²) >= 11 is 4.90. The number of nitrogens with one attached hydrogen (secondary N) is 1. The molecule has 0 aliphatic heterocycles. The minimum absolute atomic E-state index is 0. The van der Waals surface area contributed by atoms with Crippen molar-refractivity contribution in [1.82, 2.24) is 5.32 Å². The maximum absolute atomic E-state index is 11.0. The molecule has 128 valence electrons. The second-order valence-electron chi connectivity index (χ2n) is 4.98. The van der Waals surface area contributed by atoms with E-state index in [1.54, 1.807) is 12.1 Å². The molecule has 0 spiro atoms. The summed E-state index contributed by atoms with van der Waals surface area (Å²) in [6.45, 7) is 7.43. The van der Waals surface area contributed by atoms with Gasteiger partial charge in [-0.1, -0.05) is 38.0 Å². The number of hydrogen-bond acceptors (Lipinski definition) is 4. The van der Waals surface area contributed by atoms with Gasteiger partial charge in [0.25, 0.3) is 0 Å². The summed E-state index contributed by atoms with van der Waals surface area (Å²) in [5.41, 5.74) is 0.989. The summed E-state index contributed by atoms with van der Waals surface area (Å²) in [7, 11) is -3.62. The van der Waals surface area contributed by atoms with Crippen LogP contribution in [0.15, 0.2) is 29.2 Å². The van der Waals surface area contributed by atoms with E-state index in [4.69, 9.17) is 16.9 Å². The SMILES string of the molecule is CCCNC(CO)CCC.Cc1ccc(S(=O)(=O)[N-]Cl)cc1.[Na+]. The minimum Gasteiger partial charge on any atom is -0.458 e. The molecule has 0 aliphatic rings. The zero-order valence-corrected chi connectivity index (χ0v) is 18.0. The molecule has 0 radical (unpaired) electrons. The molecular weight excluding hydrogens is 347 g/mol. The van der Waals surface area contributed by atoms with E-state index in [0.717, 1.165) is 31.4 Å². The molecule has 0 bridgehead atoms. The normalized spacial score (nSPS) is 11.9. The second-order valence-corrected chi connectivity index (χ2v) is 6.95. The van der Waals surface area contributed by atoms with Crippen LogP contribution in [-0.2, 0) is 10.0 Å². The molecule has 1 aromatic rings. The number of nitrogens with zero attached hydrogens (tertiary/aromatic N) is 1. The number of aryl methyl sites for hydroxylation is 1. The molecule has 0 aliphatic carbocycles. The van der Waals surface area contributed by atoms with Gasteiger partial charge >= 0.3 is 29.6 Å². The van der Waals surface area contributed by atoms with Gasteiger partial charge in [0.2, 0.25) is 0 Å². The first-order valence-electron chi connectivity index (χ1n) is 7.40. The van der Waals surface area contributed by atoms with E-state index < -0.39 is 10.0 Å². The smallest absolute Gasteiger partial charge is 0.458 e. The Bertz CT molecular complexity index is 498. The number of benzene rings is 1. The van der Waals surface area contributed by atoms with Gasteiger partial charge in [-0.15, -0.1) is 0 Å². The second kappa shape index (κ2) is 14.7. The zero-order valence-electron chi connectivity index (χ0n) is 14.4. The van der Waals surface area contributed by atoms with Gasteiger partial charge in [0.1, 0.15) is 10.0 Å². The van der Waals surface area contributed by atoms with Crippen LogP contribution in [0.1, 0.15) is 38.7 Å². The van der Waals surface area contributed by atoms with Crippen molar-refractivity contribution in [3.05, 3.63) is 34.1 Å². The summed E-state index contributed by atoms with van der Waals surface area (Å²) in [5, 5.41) is 12.1. The molecule has 2 N–H and O–H groups in total. The van der Waals surface area contributed by atoms with E-state index >= 15 is 0 Å². The number of sulfonamides is 1. The molecule has 0 fully saturated rings. The number of hydrogen-bond donors (Lipinski definition) is 2. The minimum atomic E-state index is -3.62. The Labute approximate surface area is 167 Å².